The van der Waals surface area contributed by atoms with Gasteiger partial charge in [0.2, 0.25) is 0 Å². The fourth-order valence-corrected chi connectivity index (χ4v) is 1.92. The highest BCUT2D eigenvalue weighted by atomic mass is 16.5. The Bertz CT molecular complexity index is 301. The van der Waals surface area contributed by atoms with E-state index in [4.69, 9.17) is 5.73 Å². The van der Waals surface area contributed by atoms with Gasteiger partial charge in [-0.1, -0.05) is 18.2 Å². The maximum Gasteiger partial charge on any atom is 0.0669 e. The van der Waals surface area contributed by atoms with Crippen molar-refractivity contribution >= 4 is 5.69 Å². The second kappa shape index (κ2) is 3.36. The first-order chi connectivity index (χ1) is 6.33. The van der Waals surface area contributed by atoms with Crippen molar-refractivity contribution in [1.82, 2.24) is 0 Å². The van der Waals surface area contributed by atoms with Gasteiger partial charge in [-0.25, -0.2) is 0 Å². The van der Waals surface area contributed by atoms with Crippen molar-refractivity contribution in [3.05, 3.63) is 29.8 Å². The van der Waals surface area contributed by atoms with Gasteiger partial charge in [-0.05, 0) is 24.6 Å². The van der Waals surface area contributed by atoms with E-state index < -0.39 is 0 Å². The molecule has 1 atom stereocenters. The molecule has 1 aromatic carbocycles. The summed E-state index contributed by atoms with van der Waals surface area (Å²) in [4.78, 5) is 0. The molecule has 1 aliphatic rings. The molecule has 0 aromatic heterocycles. The summed E-state index contributed by atoms with van der Waals surface area (Å²) in [7, 11) is 0. The summed E-state index contributed by atoms with van der Waals surface area (Å²) < 4.78 is 0. The summed E-state index contributed by atoms with van der Waals surface area (Å²) in [5.74, 6) is 0.395. The number of nitrogens with two attached hydrogens (primary N) is 1. The molecule has 0 bridgehead atoms. The van der Waals surface area contributed by atoms with Gasteiger partial charge in [-0.3, -0.25) is 10.3 Å². The quantitative estimate of drug-likeness (QED) is 0.718. The zero-order valence-corrected chi connectivity index (χ0v) is 7.48. The molecule has 0 radical (unpaired) electrons. The van der Waals surface area contributed by atoms with Gasteiger partial charge in [0.05, 0.1) is 12.2 Å². The lowest BCUT2D eigenvalue weighted by molar-refractivity contribution is 0.257. The summed E-state index contributed by atoms with van der Waals surface area (Å²) in [6.45, 7) is 1.35. The van der Waals surface area contributed by atoms with Crippen molar-refractivity contribution in [1.29, 1.82) is 0 Å². The van der Waals surface area contributed by atoms with Gasteiger partial charge in [0.1, 0.15) is 0 Å². The van der Waals surface area contributed by atoms with Gasteiger partial charge in [0.15, 0.2) is 0 Å². The SMILES string of the molecule is NCCC1CN(O)c2ccccc21. The van der Waals surface area contributed by atoms with Crippen molar-refractivity contribution < 1.29 is 5.21 Å². The minimum atomic E-state index is 0.395. The van der Waals surface area contributed by atoms with Crippen molar-refractivity contribution in [2.45, 2.75) is 12.3 Å². The number of rotatable bonds is 2. The van der Waals surface area contributed by atoms with Crippen molar-refractivity contribution in [3.63, 3.8) is 0 Å². The summed E-state index contributed by atoms with van der Waals surface area (Å²) in [5.41, 5.74) is 7.66. The van der Waals surface area contributed by atoms with Crippen LogP contribution in [0, 0.1) is 0 Å². The Balaban J connectivity index is 2.30. The van der Waals surface area contributed by atoms with Gasteiger partial charge in [0, 0.05) is 5.92 Å². The molecule has 70 valence electrons. The van der Waals surface area contributed by atoms with Gasteiger partial charge >= 0.3 is 0 Å². The van der Waals surface area contributed by atoms with E-state index in [9.17, 15) is 5.21 Å². The average Bonchev–Trinajstić information content (AvgIpc) is 2.46. The van der Waals surface area contributed by atoms with Crippen molar-refractivity contribution in [2.75, 3.05) is 18.2 Å². The van der Waals surface area contributed by atoms with E-state index in [2.05, 4.69) is 6.07 Å². The molecule has 1 aliphatic heterocycles. The van der Waals surface area contributed by atoms with Crippen LogP contribution in [0.25, 0.3) is 0 Å². The van der Waals surface area contributed by atoms with Gasteiger partial charge < -0.3 is 5.73 Å². The molecule has 1 heterocycles. The number of hydrogen-bond acceptors (Lipinski definition) is 3. The second-order valence-electron chi connectivity index (χ2n) is 3.42. The molecular formula is C10H14N2O. The Hall–Kier alpha value is -1.06. The molecule has 3 nitrogen and oxygen atoms in total. The molecule has 1 aromatic rings. The molecule has 13 heavy (non-hydrogen) atoms. The number of nitrogens with zero attached hydrogens (tertiary/aromatic N) is 1. The van der Waals surface area contributed by atoms with Gasteiger partial charge in [-0.15, -0.1) is 0 Å². The van der Waals surface area contributed by atoms with Crippen LogP contribution in [0.5, 0.6) is 0 Å². The minimum Gasteiger partial charge on any atom is -0.330 e. The zero-order valence-electron chi connectivity index (χ0n) is 7.48. The van der Waals surface area contributed by atoms with Crippen LogP contribution < -0.4 is 10.8 Å². The molecule has 2 rings (SSSR count). The topological polar surface area (TPSA) is 49.5 Å². The third-order valence-corrected chi connectivity index (χ3v) is 2.56. The third kappa shape index (κ3) is 1.41. The van der Waals surface area contributed by atoms with Crippen LogP contribution in [-0.2, 0) is 0 Å². The van der Waals surface area contributed by atoms with E-state index in [0.717, 1.165) is 12.1 Å². The minimum absolute atomic E-state index is 0.395. The lowest BCUT2D eigenvalue weighted by Crippen LogP contribution is -2.17. The number of para-hydroxylation sites is 1. The normalized spacial score (nSPS) is 20.5. The fraction of sp³-hybridized carbons (Fsp3) is 0.400. The van der Waals surface area contributed by atoms with E-state index in [1.165, 1.54) is 10.6 Å². The smallest absolute Gasteiger partial charge is 0.0669 e. The summed E-state index contributed by atoms with van der Waals surface area (Å²) in [6, 6.07) is 7.94. The molecule has 1 unspecified atom stereocenters. The molecule has 0 saturated heterocycles. The van der Waals surface area contributed by atoms with Gasteiger partial charge in [-0.2, -0.15) is 0 Å². The first kappa shape index (κ1) is 8.53. The van der Waals surface area contributed by atoms with Crippen LogP contribution in [0.15, 0.2) is 24.3 Å². The Labute approximate surface area is 77.7 Å². The number of hydroxylamine groups is 1. The van der Waals surface area contributed by atoms with Crippen molar-refractivity contribution in [3.8, 4) is 0 Å². The molecular weight excluding hydrogens is 164 g/mol. The van der Waals surface area contributed by atoms with Crippen LogP contribution in [-0.4, -0.2) is 18.3 Å². The third-order valence-electron chi connectivity index (χ3n) is 2.56. The molecule has 0 fully saturated rings. The largest absolute Gasteiger partial charge is 0.330 e. The maximum absolute atomic E-state index is 9.57. The average molecular weight is 178 g/mol. The molecule has 0 aliphatic carbocycles. The Morgan fingerprint density at radius 2 is 2.23 bits per heavy atom. The van der Waals surface area contributed by atoms with Crippen LogP contribution >= 0.6 is 0 Å². The Kier molecular flexibility index (Phi) is 2.20. The number of anilines is 1. The van der Waals surface area contributed by atoms with E-state index in [1.807, 2.05) is 18.2 Å². The van der Waals surface area contributed by atoms with E-state index >= 15 is 0 Å². The van der Waals surface area contributed by atoms with Crippen LogP contribution in [0.1, 0.15) is 17.9 Å². The second-order valence-corrected chi connectivity index (χ2v) is 3.42. The maximum atomic E-state index is 9.57. The molecule has 0 amide bonds. The molecule has 0 saturated carbocycles. The lowest BCUT2D eigenvalue weighted by Gasteiger charge is -2.09. The molecule has 0 spiro atoms. The number of fused-ring (bicyclic) bond motifs is 1. The number of benzene rings is 1. The summed E-state index contributed by atoms with van der Waals surface area (Å²) in [6.07, 6.45) is 0.939. The van der Waals surface area contributed by atoms with Crippen LogP contribution in [0.4, 0.5) is 5.69 Å². The van der Waals surface area contributed by atoms with E-state index in [-0.39, 0.29) is 0 Å². The highest BCUT2D eigenvalue weighted by Crippen LogP contribution is 2.36. The summed E-state index contributed by atoms with van der Waals surface area (Å²) in [5, 5.41) is 10.9. The number of hydrogen-bond donors (Lipinski definition) is 2. The van der Waals surface area contributed by atoms with E-state index in [1.54, 1.807) is 0 Å². The van der Waals surface area contributed by atoms with E-state index in [0.29, 0.717) is 19.0 Å². The highest BCUT2D eigenvalue weighted by molar-refractivity contribution is 5.57. The Morgan fingerprint density at radius 1 is 1.46 bits per heavy atom. The molecule has 3 N–H and O–H groups in total. The van der Waals surface area contributed by atoms with Gasteiger partial charge in [0.25, 0.3) is 0 Å². The van der Waals surface area contributed by atoms with Crippen LogP contribution in [0.3, 0.4) is 0 Å². The predicted molar refractivity (Wildman–Crippen MR) is 52.0 cm³/mol. The molecule has 3 heteroatoms. The summed E-state index contributed by atoms with van der Waals surface area (Å²) >= 11 is 0. The van der Waals surface area contributed by atoms with Crippen molar-refractivity contribution in [2.24, 2.45) is 5.73 Å². The predicted octanol–water partition coefficient (Wildman–Crippen LogP) is 1.33. The lowest BCUT2D eigenvalue weighted by atomic mass is 9.98. The Morgan fingerprint density at radius 3 is 3.00 bits per heavy atom. The zero-order chi connectivity index (χ0) is 9.26. The first-order valence-electron chi connectivity index (χ1n) is 4.58. The monoisotopic (exact) mass is 178 g/mol. The fourth-order valence-electron chi connectivity index (χ4n) is 1.92. The first-order valence-corrected chi connectivity index (χ1v) is 4.58. The standard InChI is InChI=1S/C10H14N2O/c11-6-5-8-7-12(13)10-4-2-1-3-9(8)10/h1-4,8,13H,5-7,11H2. The highest BCUT2D eigenvalue weighted by Gasteiger charge is 2.26. The van der Waals surface area contributed by atoms with Crippen LogP contribution in [0.2, 0.25) is 0 Å².